The van der Waals surface area contributed by atoms with Crippen molar-refractivity contribution in [2.75, 3.05) is 106 Å². The summed E-state index contributed by atoms with van der Waals surface area (Å²) in [5, 5.41) is 112. The van der Waals surface area contributed by atoms with Crippen LogP contribution < -0.4 is 42.5 Å². The predicted octanol–water partition coefficient (Wildman–Crippen LogP) is -7.87. The van der Waals surface area contributed by atoms with E-state index in [1.54, 1.807) is 20.8 Å². The van der Waals surface area contributed by atoms with E-state index in [0.29, 0.717) is 0 Å². The van der Waals surface area contributed by atoms with Crippen LogP contribution in [0.25, 0.3) is 0 Å². The molecule has 0 bridgehead atoms. The molecule has 15 atom stereocenters. The van der Waals surface area contributed by atoms with Crippen LogP contribution in [-0.2, 0) is 85.7 Å². The van der Waals surface area contributed by atoms with E-state index >= 15 is 0 Å². The highest BCUT2D eigenvalue weighted by Crippen LogP contribution is 2.25. The SMILES string of the molecule is CC(=O)NC1[C@H](OCCCNC(=O)CCOCC(COCCC(=O)NCCCO[C@@H]2OC(CO)[C@H](O)[C@H](O)C2NC(C)=O)(COCCC(=O)NCCCO[C@@H]2OC(CO)[C@H](O)[C@H](O)C2NC(C)=O)NC(=O)CCC(=O)NCOC(C)(C)C)OC(CO)[C@H](O)[C@@H]1O. The second-order valence-corrected chi connectivity index (χ2v) is 22.8. The lowest BCUT2D eigenvalue weighted by atomic mass is 9.97. The molecule has 0 spiro atoms. The van der Waals surface area contributed by atoms with Crippen molar-refractivity contribution in [2.45, 2.75) is 196 Å². The Kier molecular flexibility index (Phi) is 36.6. The second kappa shape index (κ2) is 41.6. The van der Waals surface area contributed by atoms with E-state index in [-0.39, 0.29) is 137 Å². The van der Waals surface area contributed by atoms with Gasteiger partial charge in [-0.1, -0.05) is 0 Å². The molecule has 0 radical (unpaired) electrons. The van der Waals surface area contributed by atoms with Gasteiger partial charge >= 0.3 is 0 Å². The standard InChI is InChI=1S/C55H98N8O27/c1-31(67)60-42-48(78)45(75)34(24-64)88-51(42)84-18-7-15-56-38(71)12-21-81-27-55(63-41(74)11-10-37(70)59-30-87-54(4,5)6,28-82-22-13-39(72)57-16-8-19-85-52-43(61-32(2)68)49(79)46(76)35(25-65)89-52)29-83-23-14-40(73)58-17-9-20-86-53-44(62-33(3)69)50(80)47(77)36(26-66)90-53/h34-36,42-53,64-66,75-80H,7-30H2,1-6H3,(H,56,71)(H,57,72)(H,58,73)(H,59,70)(H,60,67)(H,61,68)(H,62,69)(H,63,74)/t34?,35?,36?,42?,43?,44?,45-,46-,47-,48+,49+,50+,51+,52+,53+,55?/m0/s1. The number of nitrogens with one attached hydrogen (secondary N) is 8. The zero-order valence-corrected chi connectivity index (χ0v) is 52.0. The van der Waals surface area contributed by atoms with Gasteiger partial charge in [-0.2, -0.15) is 0 Å². The van der Waals surface area contributed by atoms with Crippen molar-refractivity contribution in [3.8, 4) is 0 Å². The fourth-order valence-electron chi connectivity index (χ4n) is 9.14. The Morgan fingerprint density at radius 3 is 1.00 bits per heavy atom. The monoisotopic (exact) mass is 1300 g/mol. The van der Waals surface area contributed by atoms with Gasteiger partial charge < -0.3 is 136 Å². The zero-order chi connectivity index (χ0) is 67.0. The molecule has 0 aliphatic carbocycles. The van der Waals surface area contributed by atoms with E-state index < -0.39 is 170 Å². The van der Waals surface area contributed by atoms with E-state index in [2.05, 4.69) is 42.5 Å². The van der Waals surface area contributed by atoms with Crippen molar-refractivity contribution in [3.63, 3.8) is 0 Å². The first-order valence-corrected chi connectivity index (χ1v) is 29.9. The van der Waals surface area contributed by atoms with Crippen LogP contribution in [0, 0.1) is 0 Å². The molecule has 17 N–H and O–H groups in total. The molecule has 8 amide bonds. The molecule has 90 heavy (non-hydrogen) atoms. The normalized spacial score (nSPS) is 27.5. The van der Waals surface area contributed by atoms with E-state index in [1.165, 1.54) is 20.8 Å². The van der Waals surface area contributed by atoms with Crippen molar-refractivity contribution >= 4 is 47.3 Å². The Balaban J connectivity index is 1.67. The number of aliphatic hydroxyl groups excluding tert-OH is 9. The first kappa shape index (κ1) is 79.2. The summed E-state index contributed by atoms with van der Waals surface area (Å²) in [5.41, 5.74) is -2.15. The van der Waals surface area contributed by atoms with Crippen LogP contribution in [0.1, 0.15) is 92.9 Å². The summed E-state index contributed by atoms with van der Waals surface area (Å²) in [6.07, 6.45) is -16.9. The summed E-state index contributed by atoms with van der Waals surface area (Å²) >= 11 is 0. The molecule has 0 saturated carbocycles. The van der Waals surface area contributed by atoms with Crippen LogP contribution >= 0.6 is 0 Å². The molecule has 3 rings (SSSR count). The van der Waals surface area contributed by atoms with Crippen LogP contribution in [0.2, 0.25) is 0 Å². The molecular formula is C55H98N8O27. The number of rotatable bonds is 42. The third-order valence-electron chi connectivity index (χ3n) is 13.8. The van der Waals surface area contributed by atoms with Gasteiger partial charge in [-0.05, 0) is 40.0 Å². The first-order valence-electron chi connectivity index (χ1n) is 29.9. The number of aliphatic hydroxyl groups is 9. The Morgan fingerprint density at radius 1 is 0.411 bits per heavy atom. The topological polar surface area (TPSA) is 507 Å². The van der Waals surface area contributed by atoms with Gasteiger partial charge in [0.1, 0.15) is 85.3 Å². The van der Waals surface area contributed by atoms with E-state index in [0.717, 1.165) is 0 Å². The summed E-state index contributed by atoms with van der Waals surface area (Å²) in [7, 11) is 0. The highest BCUT2D eigenvalue weighted by molar-refractivity contribution is 5.84. The van der Waals surface area contributed by atoms with Crippen molar-refractivity contribution in [3.05, 3.63) is 0 Å². The summed E-state index contributed by atoms with van der Waals surface area (Å²) < 4.78 is 57.2. The number of carbonyl (C=O) groups excluding carboxylic acids is 8. The van der Waals surface area contributed by atoms with Gasteiger partial charge in [0, 0.05) is 72.5 Å². The molecule has 3 fully saturated rings. The quantitative estimate of drug-likeness (QED) is 0.0199. The maximum atomic E-state index is 13.7. The lowest BCUT2D eigenvalue weighted by molar-refractivity contribution is -0.270. The minimum absolute atomic E-state index is 0.0449. The first-order chi connectivity index (χ1) is 42.6. The Labute approximate surface area is 521 Å². The average Bonchev–Trinajstić information content (AvgIpc) is 1.38. The van der Waals surface area contributed by atoms with Crippen molar-refractivity contribution in [2.24, 2.45) is 0 Å². The highest BCUT2D eigenvalue weighted by atomic mass is 16.7. The van der Waals surface area contributed by atoms with Gasteiger partial charge in [-0.3, -0.25) is 38.4 Å². The van der Waals surface area contributed by atoms with E-state index in [1.807, 2.05) is 0 Å². The Hall–Kier alpha value is -5.00. The molecule has 0 aromatic carbocycles. The number of hydrogen-bond acceptors (Lipinski definition) is 27. The molecule has 35 heteroatoms. The molecule has 3 aliphatic rings. The maximum absolute atomic E-state index is 13.7. The molecular weight excluding hydrogens is 1200 g/mol. The lowest BCUT2D eigenvalue weighted by Crippen LogP contribution is -2.64. The van der Waals surface area contributed by atoms with Crippen molar-refractivity contribution in [1.29, 1.82) is 0 Å². The largest absolute Gasteiger partial charge is 0.394 e. The molecule has 3 saturated heterocycles. The van der Waals surface area contributed by atoms with Crippen LogP contribution in [0.4, 0.5) is 0 Å². The summed E-state index contributed by atoms with van der Waals surface area (Å²) in [6.45, 7) is 5.28. The summed E-state index contributed by atoms with van der Waals surface area (Å²) in [4.78, 5) is 101. The average molecular weight is 1300 g/mol. The third-order valence-corrected chi connectivity index (χ3v) is 13.8. The van der Waals surface area contributed by atoms with Crippen LogP contribution in [0.3, 0.4) is 0 Å². The highest BCUT2D eigenvalue weighted by Gasteiger charge is 2.48. The number of hydrogen-bond donors (Lipinski definition) is 17. The minimum atomic E-state index is -1.59. The third kappa shape index (κ3) is 29.3. The van der Waals surface area contributed by atoms with Gasteiger partial charge in [0.2, 0.25) is 47.3 Å². The molecule has 3 heterocycles. The summed E-state index contributed by atoms with van der Waals surface area (Å²) in [6, 6.07) is -3.48. The zero-order valence-electron chi connectivity index (χ0n) is 52.0. The van der Waals surface area contributed by atoms with Gasteiger partial charge in [0.05, 0.1) is 84.9 Å². The fourth-order valence-corrected chi connectivity index (χ4v) is 9.14. The smallest absolute Gasteiger partial charge is 0.222 e. The predicted molar refractivity (Wildman–Crippen MR) is 307 cm³/mol. The molecule has 0 aromatic heterocycles. The van der Waals surface area contributed by atoms with Crippen molar-refractivity contribution in [1.82, 2.24) is 42.5 Å². The van der Waals surface area contributed by atoms with Crippen LogP contribution in [-0.4, -0.2) is 302 Å². The number of amides is 8. The molecule has 35 nitrogen and oxygen atoms in total. The lowest BCUT2D eigenvalue weighted by Gasteiger charge is -2.42. The van der Waals surface area contributed by atoms with E-state index in [9.17, 15) is 84.3 Å². The summed E-state index contributed by atoms with van der Waals surface area (Å²) in [5.74, 6) is -4.15. The van der Waals surface area contributed by atoms with E-state index in [4.69, 9.17) is 47.4 Å². The number of carbonyl (C=O) groups is 8. The van der Waals surface area contributed by atoms with Crippen LogP contribution in [0.5, 0.6) is 0 Å². The second-order valence-electron chi connectivity index (χ2n) is 22.8. The number of ether oxygens (including phenoxy) is 10. The minimum Gasteiger partial charge on any atom is -0.394 e. The Bertz CT molecular complexity index is 1990. The molecule has 0 aromatic rings. The maximum Gasteiger partial charge on any atom is 0.222 e. The van der Waals surface area contributed by atoms with Gasteiger partial charge in [0.15, 0.2) is 18.9 Å². The van der Waals surface area contributed by atoms with Crippen molar-refractivity contribution < 1.29 is 132 Å². The molecule has 6 unspecified atom stereocenters. The van der Waals surface area contributed by atoms with Crippen LogP contribution in [0.15, 0.2) is 0 Å². The molecule has 520 valence electrons. The Morgan fingerprint density at radius 2 is 0.711 bits per heavy atom. The van der Waals surface area contributed by atoms with Gasteiger partial charge in [0.25, 0.3) is 0 Å². The van der Waals surface area contributed by atoms with Gasteiger partial charge in [-0.15, -0.1) is 0 Å². The van der Waals surface area contributed by atoms with Gasteiger partial charge in [-0.25, -0.2) is 0 Å². The fraction of sp³-hybridized carbons (Fsp3) is 0.855. The molecule has 3 aliphatic heterocycles.